The number of nitrogens with one attached hydrogen (secondary N) is 1. The number of hydrogen-bond acceptors (Lipinski definition) is 4. The van der Waals surface area contributed by atoms with Crippen LogP contribution in [0.4, 0.5) is 4.79 Å². The van der Waals surface area contributed by atoms with E-state index in [4.69, 9.17) is 16.3 Å². The highest BCUT2D eigenvalue weighted by molar-refractivity contribution is 9.10. The summed E-state index contributed by atoms with van der Waals surface area (Å²) < 4.78 is 6.51. The molecule has 0 saturated carbocycles. The Hall–Kier alpha value is -1.08. The topological polar surface area (TPSA) is 67.4 Å². The lowest BCUT2D eigenvalue weighted by Gasteiger charge is -2.32. The molecule has 1 N–H and O–H groups in total. The van der Waals surface area contributed by atoms with Crippen LogP contribution in [0.1, 0.15) is 12.8 Å². The molecule has 1 saturated heterocycles. The van der Waals surface area contributed by atoms with Gasteiger partial charge in [-0.1, -0.05) is 0 Å². The molecule has 1 unspecified atom stereocenters. The number of piperidine rings is 1. The van der Waals surface area contributed by atoms with Crippen LogP contribution in [-0.4, -0.2) is 52.5 Å². The molecule has 1 atom stereocenters. The van der Waals surface area contributed by atoms with Crippen LogP contribution in [0, 0.1) is 0 Å². The zero-order chi connectivity index (χ0) is 14.4. The predicted molar refractivity (Wildman–Crippen MR) is 79.1 cm³/mol. The van der Waals surface area contributed by atoms with Gasteiger partial charge >= 0.3 is 12.0 Å². The molecule has 2 heterocycles. The lowest BCUT2D eigenvalue weighted by molar-refractivity contribution is 0.0941. The number of amides is 2. The molecule has 0 aromatic carbocycles. The monoisotopic (exact) mass is 362 g/mol. The molecule has 0 aliphatic carbocycles. The van der Waals surface area contributed by atoms with Crippen molar-refractivity contribution in [3.05, 3.63) is 16.9 Å². The maximum absolute atomic E-state index is 11.9. The molecular formula is C12H16BrClN4O2. The Bertz CT molecular complexity index is 446. The van der Waals surface area contributed by atoms with Gasteiger partial charge in [0.1, 0.15) is 6.10 Å². The molecule has 6 nitrogen and oxygen atoms in total. The number of alkyl halides is 1. The lowest BCUT2D eigenvalue weighted by Crippen LogP contribution is -2.49. The first kappa shape index (κ1) is 15.3. The second-order valence-electron chi connectivity index (χ2n) is 4.43. The Labute approximate surface area is 131 Å². The van der Waals surface area contributed by atoms with Gasteiger partial charge in [0.2, 0.25) is 0 Å². The van der Waals surface area contributed by atoms with E-state index in [1.807, 2.05) is 0 Å². The Balaban J connectivity index is 1.86. The smallest absolute Gasteiger partial charge is 0.317 e. The summed E-state index contributed by atoms with van der Waals surface area (Å²) in [5, 5.41) is 2.76. The normalized spacial score (nSPS) is 18.7. The first-order valence-electron chi connectivity index (χ1n) is 6.42. The van der Waals surface area contributed by atoms with Gasteiger partial charge in [-0.3, -0.25) is 0 Å². The summed E-state index contributed by atoms with van der Waals surface area (Å²) in [7, 11) is 0. The van der Waals surface area contributed by atoms with E-state index in [1.165, 1.54) is 0 Å². The van der Waals surface area contributed by atoms with Crippen molar-refractivity contribution in [3.8, 4) is 6.01 Å². The molecule has 1 aliphatic heterocycles. The largest absolute Gasteiger partial charge is 0.458 e. The number of carbonyl (C=O) groups is 1. The van der Waals surface area contributed by atoms with Gasteiger partial charge in [0, 0.05) is 31.4 Å². The minimum atomic E-state index is -0.101. The third kappa shape index (κ3) is 4.49. The van der Waals surface area contributed by atoms with Gasteiger partial charge in [-0.05, 0) is 28.8 Å². The standard InChI is InChI=1S/C12H16BrClN4O2/c13-9-6-16-11(17-7-9)20-10-2-1-5-18(8-10)12(19)15-4-3-14/h6-7,10H,1-5,8H2,(H,15,19). The van der Waals surface area contributed by atoms with Gasteiger partial charge in [-0.15, -0.1) is 11.6 Å². The van der Waals surface area contributed by atoms with Crippen molar-refractivity contribution in [2.75, 3.05) is 25.5 Å². The Morgan fingerprint density at radius 3 is 3.00 bits per heavy atom. The van der Waals surface area contributed by atoms with Crippen LogP contribution in [0.3, 0.4) is 0 Å². The van der Waals surface area contributed by atoms with Gasteiger partial charge in [0.05, 0.1) is 11.0 Å². The van der Waals surface area contributed by atoms with Gasteiger partial charge < -0.3 is 15.0 Å². The van der Waals surface area contributed by atoms with Crippen LogP contribution in [-0.2, 0) is 0 Å². The van der Waals surface area contributed by atoms with Crippen LogP contribution < -0.4 is 10.1 Å². The van der Waals surface area contributed by atoms with Crippen LogP contribution in [0.2, 0.25) is 0 Å². The zero-order valence-electron chi connectivity index (χ0n) is 10.9. The van der Waals surface area contributed by atoms with E-state index < -0.39 is 0 Å². The number of aromatic nitrogens is 2. The molecule has 2 rings (SSSR count). The molecule has 1 fully saturated rings. The molecule has 0 spiro atoms. The molecule has 110 valence electrons. The van der Waals surface area contributed by atoms with Gasteiger partial charge in [-0.25, -0.2) is 14.8 Å². The van der Waals surface area contributed by atoms with Crippen LogP contribution >= 0.6 is 27.5 Å². The van der Waals surface area contributed by atoms with E-state index in [2.05, 4.69) is 31.2 Å². The molecule has 0 bridgehead atoms. The first-order chi connectivity index (χ1) is 9.69. The second-order valence-corrected chi connectivity index (χ2v) is 5.73. The third-order valence-electron chi connectivity index (χ3n) is 2.90. The summed E-state index contributed by atoms with van der Waals surface area (Å²) in [6.07, 6.45) is 4.98. The minimum Gasteiger partial charge on any atom is -0.458 e. The summed E-state index contributed by atoms with van der Waals surface area (Å²) in [5.74, 6) is 0.409. The molecule has 0 radical (unpaired) electrons. The van der Waals surface area contributed by atoms with Crippen molar-refractivity contribution >= 4 is 33.6 Å². The Kier molecular flexibility index (Phi) is 5.85. The van der Waals surface area contributed by atoms with Crippen molar-refractivity contribution in [1.29, 1.82) is 0 Å². The Morgan fingerprint density at radius 2 is 2.30 bits per heavy atom. The molecular weight excluding hydrogens is 348 g/mol. The maximum Gasteiger partial charge on any atom is 0.317 e. The number of carbonyl (C=O) groups excluding carboxylic acids is 1. The summed E-state index contributed by atoms with van der Waals surface area (Å²) in [6, 6.07) is 0.233. The number of urea groups is 1. The van der Waals surface area contributed by atoms with E-state index in [0.717, 1.165) is 23.9 Å². The fourth-order valence-corrected chi connectivity index (χ4v) is 2.29. The number of rotatable bonds is 4. The molecule has 2 amide bonds. The minimum absolute atomic E-state index is 0.0772. The molecule has 8 heteroatoms. The molecule has 1 aromatic rings. The van der Waals surface area contributed by atoms with Crippen LogP contribution in [0.5, 0.6) is 6.01 Å². The third-order valence-corrected chi connectivity index (χ3v) is 3.50. The predicted octanol–water partition coefficient (Wildman–Crippen LogP) is 2.03. The van der Waals surface area contributed by atoms with Crippen molar-refractivity contribution < 1.29 is 9.53 Å². The SMILES string of the molecule is O=C(NCCCl)N1CCCC(Oc2ncc(Br)cn2)C1. The van der Waals surface area contributed by atoms with E-state index in [1.54, 1.807) is 17.3 Å². The van der Waals surface area contributed by atoms with E-state index in [-0.39, 0.29) is 12.1 Å². The summed E-state index contributed by atoms with van der Waals surface area (Å²) >= 11 is 8.83. The summed E-state index contributed by atoms with van der Waals surface area (Å²) in [4.78, 5) is 21.7. The summed E-state index contributed by atoms with van der Waals surface area (Å²) in [6.45, 7) is 1.74. The lowest BCUT2D eigenvalue weighted by atomic mass is 10.1. The second kappa shape index (κ2) is 7.64. The summed E-state index contributed by atoms with van der Waals surface area (Å²) in [5.41, 5.74) is 0. The Morgan fingerprint density at radius 1 is 1.55 bits per heavy atom. The number of halogens is 2. The quantitative estimate of drug-likeness (QED) is 0.831. The van der Waals surface area contributed by atoms with E-state index in [9.17, 15) is 4.79 Å². The maximum atomic E-state index is 11.9. The zero-order valence-corrected chi connectivity index (χ0v) is 13.2. The van der Waals surface area contributed by atoms with Gasteiger partial charge in [-0.2, -0.15) is 0 Å². The van der Waals surface area contributed by atoms with Gasteiger partial charge in [0.15, 0.2) is 0 Å². The first-order valence-corrected chi connectivity index (χ1v) is 7.74. The fourth-order valence-electron chi connectivity index (χ4n) is 2.00. The number of likely N-dealkylation sites (tertiary alicyclic amines) is 1. The van der Waals surface area contributed by atoms with Crippen molar-refractivity contribution in [2.45, 2.75) is 18.9 Å². The average molecular weight is 364 g/mol. The number of ether oxygens (including phenoxy) is 1. The highest BCUT2D eigenvalue weighted by atomic mass is 79.9. The molecule has 1 aromatic heterocycles. The van der Waals surface area contributed by atoms with Gasteiger partial charge in [0.25, 0.3) is 0 Å². The highest BCUT2D eigenvalue weighted by Crippen LogP contribution is 2.16. The van der Waals surface area contributed by atoms with Crippen LogP contribution in [0.15, 0.2) is 16.9 Å². The van der Waals surface area contributed by atoms with E-state index in [0.29, 0.717) is 25.0 Å². The number of nitrogens with zero attached hydrogens (tertiary/aromatic N) is 3. The molecule has 1 aliphatic rings. The van der Waals surface area contributed by atoms with Crippen LogP contribution in [0.25, 0.3) is 0 Å². The fraction of sp³-hybridized carbons (Fsp3) is 0.583. The van der Waals surface area contributed by atoms with Crippen molar-refractivity contribution in [3.63, 3.8) is 0 Å². The van der Waals surface area contributed by atoms with Crippen molar-refractivity contribution in [1.82, 2.24) is 20.2 Å². The number of hydrogen-bond donors (Lipinski definition) is 1. The van der Waals surface area contributed by atoms with E-state index >= 15 is 0 Å². The highest BCUT2D eigenvalue weighted by Gasteiger charge is 2.25. The average Bonchev–Trinajstić information content (AvgIpc) is 2.47. The molecule has 20 heavy (non-hydrogen) atoms. The van der Waals surface area contributed by atoms with Crippen molar-refractivity contribution in [2.24, 2.45) is 0 Å².